The Morgan fingerprint density at radius 2 is 1.87 bits per heavy atom. The lowest BCUT2D eigenvalue weighted by Crippen LogP contribution is -2.30. The molecule has 3 rings (SSSR count). The van der Waals surface area contributed by atoms with Crippen molar-refractivity contribution in [3.8, 4) is 0 Å². The SMILES string of the molecule is CC1(CN)C2CN(c3ccccc3)CC21. The van der Waals surface area contributed by atoms with E-state index in [4.69, 9.17) is 5.73 Å². The van der Waals surface area contributed by atoms with Crippen LogP contribution in [-0.2, 0) is 0 Å². The quantitative estimate of drug-likeness (QED) is 0.791. The van der Waals surface area contributed by atoms with E-state index in [9.17, 15) is 0 Å². The van der Waals surface area contributed by atoms with Crippen LogP contribution < -0.4 is 10.6 Å². The number of nitrogens with two attached hydrogens (primary N) is 1. The maximum atomic E-state index is 5.82. The number of benzene rings is 1. The molecule has 15 heavy (non-hydrogen) atoms. The highest BCUT2D eigenvalue weighted by atomic mass is 15.2. The Labute approximate surface area is 91.1 Å². The molecule has 0 bridgehead atoms. The fourth-order valence-electron chi connectivity index (χ4n) is 3.14. The highest BCUT2D eigenvalue weighted by molar-refractivity contribution is 5.49. The molecule has 1 heterocycles. The van der Waals surface area contributed by atoms with Crippen molar-refractivity contribution in [1.29, 1.82) is 0 Å². The van der Waals surface area contributed by atoms with Gasteiger partial charge in [0.15, 0.2) is 0 Å². The van der Waals surface area contributed by atoms with Crippen LogP contribution in [0.2, 0.25) is 0 Å². The molecule has 1 saturated heterocycles. The predicted molar refractivity (Wildman–Crippen MR) is 62.8 cm³/mol. The van der Waals surface area contributed by atoms with Gasteiger partial charge in [-0.05, 0) is 35.9 Å². The van der Waals surface area contributed by atoms with Gasteiger partial charge in [-0.3, -0.25) is 0 Å². The second-order valence-corrected chi connectivity index (χ2v) is 5.16. The van der Waals surface area contributed by atoms with E-state index in [0.29, 0.717) is 5.41 Å². The Bertz CT molecular complexity index is 348. The predicted octanol–water partition coefficient (Wildman–Crippen LogP) is 1.72. The first kappa shape index (κ1) is 9.22. The summed E-state index contributed by atoms with van der Waals surface area (Å²) in [5.41, 5.74) is 7.64. The summed E-state index contributed by atoms with van der Waals surface area (Å²) in [6.07, 6.45) is 0. The summed E-state index contributed by atoms with van der Waals surface area (Å²) < 4.78 is 0. The maximum Gasteiger partial charge on any atom is 0.0366 e. The van der Waals surface area contributed by atoms with E-state index in [0.717, 1.165) is 18.4 Å². The van der Waals surface area contributed by atoms with Crippen molar-refractivity contribution < 1.29 is 0 Å². The normalized spacial score (nSPS) is 37.9. The number of fused-ring (bicyclic) bond motifs is 1. The molecule has 2 fully saturated rings. The molecule has 2 nitrogen and oxygen atoms in total. The number of rotatable bonds is 2. The first-order valence-electron chi connectivity index (χ1n) is 5.76. The molecular weight excluding hydrogens is 184 g/mol. The average molecular weight is 202 g/mol. The van der Waals surface area contributed by atoms with Crippen LogP contribution in [-0.4, -0.2) is 19.6 Å². The van der Waals surface area contributed by atoms with Crippen molar-refractivity contribution >= 4 is 5.69 Å². The maximum absolute atomic E-state index is 5.82. The van der Waals surface area contributed by atoms with E-state index in [-0.39, 0.29) is 0 Å². The van der Waals surface area contributed by atoms with Crippen molar-refractivity contribution in [2.45, 2.75) is 6.92 Å². The number of para-hydroxylation sites is 1. The van der Waals surface area contributed by atoms with Gasteiger partial charge in [-0.1, -0.05) is 25.1 Å². The fourth-order valence-corrected chi connectivity index (χ4v) is 3.14. The van der Waals surface area contributed by atoms with Crippen molar-refractivity contribution in [2.75, 3.05) is 24.5 Å². The summed E-state index contributed by atoms with van der Waals surface area (Å²) in [6, 6.07) is 10.7. The zero-order chi connectivity index (χ0) is 10.5. The van der Waals surface area contributed by atoms with Crippen LogP contribution in [0, 0.1) is 17.3 Å². The molecule has 2 heteroatoms. The number of piperidine rings is 1. The summed E-state index contributed by atoms with van der Waals surface area (Å²) in [5, 5.41) is 0. The molecule has 1 saturated carbocycles. The van der Waals surface area contributed by atoms with Crippen LogP contribution in [0.1, 0.15) is 6.92 Å². The van der Waals surface area contributed by atoms with E-state index in [1.54, 1.807) is 0 Å². The van der Waals surface area contributed by atoms with Gasteiger partial charge in [0.25, 0.3) is 0 Å². The van der Waals surface area contributed by atoms with Crippen molar-refractivity contribution in [3.63, 3.8) is 0 Å². The van der Waals surface area contributed by atoms with Crippen LogP contribution >= 0.6 is 0 Å². The fraction of sp³-hybridized carbons (Fsp3) is 0.538. The monoisotopic (exact) mass is 202 g/mol. The van der Waals surface area contributed by atoms with Crippen molar-refractivity contribution in [2.24, 2.45) is 23.0 Å². The third-order valence-electron chi connectivity index (χ3n) is 4.47. The molecule has 0 spiro atoms. The first-order chi connectivity index (χ1) is 7.25. The van der Waals surface area contributed by atoms with Crippen LogP contribution in [0.25, 0.3) is 0 Å². The van der Waals surface area contributed by atoms with E-state index >= 15 is 0 Å². The Kier molecular flexibility index (Phi) is 1.84. The van der Waals surface area contributed by atoms with E-state index in [2.05, 4.69) is 42.2 Å². The summed E-state index contributed by atoms with van der Waals surface area (Å²) in [5.74, 6) is 1.67. The molecule has 1 aromatic rings. The zero-order valence-electron chi connectivity index (χ0n) is 9.19. The lowest BCUT2D eigenvalue weighted by Gasteiger charge is -2.25. The second-order valence-electron chi connectivity index (χ2n) is 5.16. The molecule has 0 radical (unpaired) electrons. The Hall–Kier alpha value is -1.02. The Morgan fingerprint density at radius 3 is 2.40 bits per heavy atom. The van der Waals surface area contributed by atoms with E-state index in [1.165, 1.54) is 18.8 Å². The third kappa shape index (κ3) is 1.21. The number of hydrogen-bond donors (Lipinski definition) is 1. The third-order valence-corrected chi connectivity index (χ3v) is 4.47. The smallest absolute Gasteiger partial charge is 0.0366 e. The molecular formula is C13H18N2. The number of nitrogens with zero attached hydrogens (tertiary/aromatic N) is 1. The average Bonchev–Trinajstić information content (AvgIpc) is 2.70. The molecule has 80 valence electrons. The highest BCUT2D eigenvalue weighted by Crippen LogP contribution is 2.62. The molecule has 1 aliphatic heterocycles. The van der Waals surface area contributed by atoms with Crippen LogP contribution in [0.3, 0.4) is 0 Å². The summed E-state index contributed by atoms with van der Waals surface area (Å²) in [7, 11) is 0. The molecule has 2 atom stereocenters. The standard InChI is InChI=1S/C13H18N2/c1-13(9-14)11-7-15(8-12(11)13)10-5-3-2-4-6-10/h2-6,11-12H,7-9,14H2,1H3. The van der Waals surface area contributed by atoms with Crippen LogP contribution in [0.15, 0.2) is 30.3 Å². The van der Waals surface area contributed by atoms with Crippen LogP contribution in [0.5, 0.6) is 0 Å². The number of hydrogen-bond acceptors (Lipinski definition) is 2. The van der Waals surface area contributed by atoms with E-state index in [1.807, 2.05) is 0 Å². The molecule has 2 N–H and O–H groups in total. The number of anilines is 1. The summed E-state index contributed by atoms with van der Waals surface area (Å²) in [6.45, 7) is 5.58. The van der Waals surface area contributed by atoms with Gasteiger partial charge in [-0.15, -0.1) is 0 Å². The van der Waals surface area contributed by atoms with E-state index < -0.39 is 0 Å². The summed E-state index contributed by atoms with van der Waals surface area (Å²) in [4.78, 5) is 2.49. The first-order valence-corrected chi connectivity index (χ1v) is 5.76. The molecule has 0 amide bonds. The molecule has 2 aliphatic rings. The minimum Gasteiger partial charge on any atom is -0.371 e. The van der Waals surface area contributed by atoms with Gasteiger partial charge < -0.3 is 10.6 Å². The van der Waals surface area contributed by atoms with Gasteiger partial charge in [0.05, 0.1) is 0 Å². The minimum absolute atomic E-state index is 0.450. The van der Waals surface area contributed by atoms with Gasteiger partial charge >= 0.3 is 0 Å². The molecule has 2 unspecified atom stereocenters. The van der Waals surface area contributed by atoms with Gasteiger partial charge in [-0.25, -0.2) is 0 Å². The topological polar surface area (TPSA) is 29.3 Å². The zero-order valence-corrected chi connectivity index (χ0v) is 9.19. The minimum atomic E-state index is 0.450. The Morgan fingerprint density at radius 1 is 1.27 bits per heavy atom. The van der Waals surface area contributed by atoms with Gasteiger partial charge in [0, 0.05) is 18.8 Å². The van der Waals surface area contributed by atoms with Gasteiger partial charge in [-0.2, -0.15) is 0 Å². The molecule has 1 aromatic carbocycles. The molecule has 0 aromatic heterocycles. The lowest BCUT2D eigenvalue weighted by atomic mass is 10.0. The lowest BCUT2D eigenvalue weighted by molar-refractivity contribution is 0.462. The van der Waals surface area contributed by atoms with Crippen molar-refractivity contribution in [1.82, 2.24) is 0 Å². The molecule has 1 aliphatic carbocycles. The van der Waals surface area contributed by atoms with Gasteiger partial charge in [0.1, 0.15) is 0 Å². The van der Waals surface area contributed by atoms with Gasteiger partial charge in [0.2, 0.25) is 0 Å². The second kappa shape index (κ2) is 2.99. The summed E-state index contributed by atoms with van der Waals surface area (Å²) >= 11 is 0. The van der Waals surface area contributed by atoms with Crippen LogP contribution in [0.4, 0.5) is 5.69 Å². The largest absolute Gasteiger partial charge is 0.371 e. The Balaban J connectivity index is 1.72. The highest BCUT2D eigenvalue weighted by Gasteiger charge is 2.64. The van der Waals surface area contributed by atoms with Crippen molar-refractivity contribution in [3.05, 3.63) is 30.3 Å².